The molecule has 0 spiro atoms. The van der Waals surface area contributed by atoms with E-state index in [-0.39, 0.29) is 16.7 Å². The summed E-state index contributed by atoms with van der Waals surface area (Å²) in [4.78, 5) is 0.0969. The van der Waals surface area contributed by atoms with Gasteiger partial charge in [-0.05, 0) is 54.7 Å². The van der Waals surface area contributed by atoms with Gasteiger partial charge in [-0.3, -0.25) is 0 Å². The zero-order valence-corrected chi connectivity index (χ0v) is 16.9. The fraction of sp³-hybridized carbons (Fsp3) is 0.368. The van der Waals surface area contributed by atoms with Crippen molar-refractivity contribution in [2.24, 2.45) is 5.73 Å². The van der Waals surface area contributed by atoms with Crippen LogP contribution in [0.2, 0.25) is 5.02 Å². The third-order valence-corrected chi connectivity index (χ3v) is 5.38. The number of aryl methyl sites for hydroxylation is 1. The average molecular weight is 398 g/mol. The maximum Gasteiger partial charge on any atom is 0.179 e. The first-order chi connectivity index (χ1) is 12.1. The molecular weight excluding hydrogens is 374 g/mol. The molecule has 0 saturated carbocycles. The van der Waals surface area contributed by atoms with Crippen molar-refractivity contribution in [2.75, 3.05) is 20.5 Å². The Balaban J connectivity index is 2.30. The standard InChI is InChI=1S/C19H24ClNO4S/c1-12-5-13(7-15(20)6-12)8-16(21)9-14-10-18(25-3)19(26(4,22)23)11-17(14)24-2/h5-7,10-11,16H,8-9,21H2,1-4H3. The van der Waals surface area contributed by atoms with Gasteiger partial charge in [-0.2, -0.15) is 0 Å². The van der Waals surface area contributed by atoms with Crippen LogP contribution in [0.25, 0.3) is 0 Å². The van der Waals surface area contributed by atoms with E-state index in [0.717, 1.165) is 22.9 Å². The number of halogens is 1. The van der Waals surface area contributed by atoms with E-state index in [1.165, 1.54) is 20.3 Å². The highest BCUT2D eigenvalue weighted by molar-refractivity contribution is 7.90. The summed E-state index contributed by atoms with van der Waals surface area (Å²) < 4.78 is 34.5. The molecule has 142 valence electrons. The van der Waals surface area contributed by atoms with Crippen LogP contribution in [0.4, 0.5) is 0 Å². The van der Waals surface area contributed by atoms with E-state index in [1.807, 2.05) is 19.1 Å². The number of hydrogen-bond acceptors (Lipinski definition) is 5. The van der Waals surface area contributed by atoms with Crippen molar-refractivity contribution in [3.63, 3.8) is 0 Å². The lowest BCUT2D eigenvalue weighted by Crippen LogP contribution is -2.26. The monoisotopic (exact) mass is 397 g/mol. The van der Waals surface area contributed by atoms with E-state index in [2.05, 4.69) is 6.07 Å². The number of nitrogens with two attached hydrogens (primary N) is 1. The van der Waals surface area contributed by atoms with Crippen molar-refractivity contribution in [3.05, 3.63) is 52.0 Å². The van der Waals surface area contributed by atoms with E-state index in [4.69, 9.17) is 26.8 Å². The second-order valence-electron chi connectivity index (χ2n) is 6.39. The highest BCUT2D eigenvalue weighted by Gasteiger charge is 2.20. The smallest absolute Gasteiger partial charge is 0.179 e. The molecule has 0 heterocycles. The van der Waals surface area contributed by atoms with Crippen molar-refractivity contribution in [1.29, 1.82) is 0 Å². The van der Waals surface area contributed by atoms with Crippen LogP contribution in [0.3, 0.4) is 0 Å². The van der Waals surface area contributed by atoms with Gasteiger partial charge >= 0.3 is 0 Å². The van der Waals surface area contributed by atoms with Gasteiger partial charge in [0.25, 0.3) is 0 Å². The minimum Gasteiger partial charge on any atom is -0.496 e. The molecule has 2 N–H and O–H groups in total. The molecule has 2 rings (SSSR count). The van der Waals surface area contributed by atoms with Crippen LogP contribution in [-0.2, 0) is 22.7 Å². The maximum atomic E-state index is 11.9. The molecule has 5 nitrogen and oxygen atoms in total. The average Bonchev–Trinajstić information content (AvgIpc) is 2.52. The van der Waals surface area contributed by atoms with Gasteiger partial charge in [0, 0.05) is 23.4 Å². The molecule has 0 amide bonds. The fourth-order valence-corrected chi connectivity index (χ4v) is 4.11. The summed E-state index contributed by atoms with van der Waals surface area (Å²) in [6, 6.07) is 8.83. The highest BCUT2D eigenvalue weighted by Crippen LogP contribution is 2.33. The van der Waals surface area contributed by atoms with Crippen molar-refractivity contribution in [1.82, 2.24) is 0 Å². The zero-order valence-electron chi connectivity index (χ0n) is 15.4. The van der Waals surface area contributed by atoms with Gasteiger partial charge in [-0.15, -0.1) is 0 Å². The summed E-state index contributed by atoms with van der Waals surface area (Å²) in [7, 11) is -0.490. The second-order valence-corrected chi connectivity index (χ2v) is 8.81. The Bertz CT molecular complexity index is 876. The predicted octanol–water partition coefficient (Wildman–Crippen LogP) is 3.18. The van der Waals surface area contributed by atoms with Crippen LogP contribution >= 0.6 is 11.6 Å². The van der Waals surface area contributed by atoms with Crippen LogP contribution in [0.1, 0.15) is 16.7 Å². The molecular formula is C19H24ClNO4S. The van der Waals surface area contributed by atoms with Crippen LogP contribution in [0.15, 0.2) is 35.2 Å². The van der Waals surface area contributed by atoms with E-state index < -0.39 is 9.84 Å². The van der Waals surface area contributed by atoms with Gasteiger partial charge in [0.2, 0.25) is 0 Å². The fourth-order valence-electron chi connectivity index (χ4n) is 2.97. The van der Waals surface area contributed by atoms with Crippen molar-refractivity contribution < 1.29 is 17.9 Å². The van der Waals surface area contributed by atoms with E-state index >= 15 is 0 Å². The van der Waals surface area contributed by atoms with E-state index in [0.29, 0.717) is 23.6 Å². The topological polar surface area (TPSA) is 78.6 Å². The summed E-state index contributed by atoms with van der Waals surface area (Å²) in [5.41, 5.74) is 9.25. The summed E-state index contributed by atoms with van der Waals surface area (Å²) in [5, 5.41) is 0.684. The predicted molar refractivity (Wildman–Crippen MR) is 104 cm³/mol. The molecule has 0 aliphatic heterocycles. The molecule has 0 bridgehead atoms. The van der Waals surface area contributed by atoms with Crippen molar-refractivity contribution in [2.45, 2.75) is 30.7 Å². The summed E-state index contributed by atoms with van der Waals surface area (Å²) in [6.07, 6.45) is 2.28. The van der Waals surface area contributed by atoms with Gasteiger partial charge in [-0.1, -0.05) is 17.7 Å². The largest absolute Gasteiger partial charge is 0.496 e. The zero-order chi connectivity index (χ0) is 19.5. The first kappa shape index (κ1) is 20.6. The molecule has 1 atom stereocenters. The van der Waals surface area contributed by atoms with Gasteiger partial charge in [0.1, 0.15) is 16.4 Å². The highest BCUT2D eigenvalue weighted by atomic mass is 35.5. The Morgan fingerprint density at radius 3 is 2.23 bits per heavy atom. The van der Waals surface area contributed by atoms with Crippen LogP contribution in [0, 0.1) is 6.92 Å². The first-order valence-electron chi connectivity index (χ1n) is 8.10. The number of hydrogen-bond donors (Lipinski definition) is 1. The van der Waals surface area contributed by atoms with Crippen molar-refractivity contribution in [3.8, 4) is 11.5 Å². The van der Waals surface area contributed by atoms with E-state index in [1.54, 1.807) is 6.07 Å². The molecule has 7 heteroatoms. The molecule has 0 fully saturated rings. The van der Waals surface area contributed by atoms with Gasteiger partial charge < -0.3 is 15.2 Å². The number of methoxy groups -OCH3 is 2. The van der Waals surface area contributed by atoms with E-state index in [9.17, 15) is 8.42 Å². The number of benzene rings is 2. The molecule has 0 radical (unpaired) electrons. The summed E-state index contributed by atoms with van der Waals surface area (Å²) in [6.45, 7) is 1.98. The minimum atomic E-state index is -3.43. The first-order valence-corrected chi connectivity index (χ1v) is 10.4. The molecule has 2 aromatic carbocycles. The van der Waals surface area contributed by atoms with Crippen LogP contribution in [0.5, 0.6) is 11.5 Å². The lowest BCUT2D eigenvalue weighted by molar-refractivity contribution is 0.387. The second kappa shape index (κ2) is 8.29. The van der Waals surface area contributed by atoms with Crippen LogP contribution in [-0.4, -0.2) is 34.9 Å². The SMILES string of the molecule is COc1cc(S(C)(=O)=O)c(OC)cc1CC(N)Cc1cc(C)cc(Cl)c1. The molecule has 2 aromatic rings. The maximum absolute atomic E-state index is 11.9. The van der Waals surface area contributed by atoms with Gasteiger partial charge in [0.05, 0.1) is 14.2 Å². The Morgan fingerprint density at radius 2 is 1.69 bits per heavy atom. The molecule has 0 saturated heterocycles. The number of ether oxygens (including phenoxy) is 2. The molecule has 0 aliphatic rings. The third kappa shape index (κ3) is 5.13. The normalized spacial score (nSPS) is 12.7. The van der Waals surface area contributed by atoms with Gasteiger partial charge in [-0.25, -0.2) is 8.42 Å². The quantitative estimate of drug-likeness (QED) is 0.776. The molecule has 26 heavy (non-hydrogen) atoms. The Hall–Kier alpha value is -1.76. The molecule has 0 aliphatic carbocycles. The van der Waals surface area contributed by atoms with Gasteiger partial charge in [0.15, 0.2) is 9.84 Å². The number of rotatable bonds is 7. The number of sulfone groups is 1. The Labute approximate surface area is 160 Å². The Kier molecular flexibility index (Phi) is 6.55. The Morgan fingerprint density at radius 1 is 1.04 bits per heavy atom. The van der Waals surface area contributed by atoms with Crippen LogP contribution < -0.4 is 15.2 Å². The van der Waals surface area contributed by atoms with Crippen molar-refractivity contribution >= 4 is 21.4 Å². The lowest BCUT2D eigenvalue weighted by Gasteiger charge is -2.17. The third-order valence-electron chi connectivity index (χ3n) is 4.05. The molecule has 0 aromatic heterocycles. The molecule has 1 unspecified atom stereocenters. The summed E-state index contributed by atoms with van der Waals surface area (Å²) >= 11 is 6.11. The minimum absolute atomic E-state index is 0.0969. The lowest BCUT2D eigenvalue weighted by atomic mass is 9.98. The summed E-state index contributed by atoms with van der Waals surface area (Å²) in [5.74, 6) is 0.762.